The van der Waals surface area contributed by atoms with Gasteiger partial charge in [0.15, 0.2) is 11.5 Å². The predicted molar refractivity (Wildman–Crippen MR) is 105 cm³/mol. The molecule has 2 aromatic carbocycles. The maximum absolute atomic E-state index is 9.39. The second kappa shape index (κ2) is 8.81. The van der Waals surface area contributed by atoms with Crippen molar-refractivity contribution in [3.05, 3.63) is 54.1 Å². The third-order valence-electron chi connectivity index (χ3n) is 4.12. The lowest BCUT2D eigenvalue weighted by Gasteiger charge is -2.23. The largest absolute Gasteiger partial charge is 0.490 e. The van der Waals surface area contributed by atoms with E-state index in [0.29, 0.717) is 24.7 Å². The average molecular weight is 383 g/mol. The Morgan fingerprint density at radius 2 is 1.89 bits per heavy atom. The number of aliphatic hydroxyl groups is 1. The molecule has 0 aliphatic rings. The molecule has 0 aliphatic heterocycles. The van der Waals surface area contributed by atoms with E-state index in [2.05, 4.69) is 20.8 Å². The van der Waals surface area contributed by atoms with Crippen molar-refractivity contribution in [2.24, 2.45) is 0 Å². The highest BCUT2D eigenvalue weighted by Crippen LogP contribution is 2.32. The lowest BCUT2D eigenvalue weighted by atomic mass is 10.1. The minimum absolute atomic E-state index is 0.0503. The Balaban J connectivity index is 1.82. The summed E-state index contributed by atoms with van der Waals surface area (Å²) in [7, 11) is 0. The molecule has 28 heavy (non-hydrogen) atoms. The summed E-state index contributed by atoms with van der Waals surface area (Å²) in [6.07, 6.45) is 0. The number of nitrogens with zero attached hydrogens (tertiary/aromatic N) is 4. The summed E-state index contributed by atoms with van der Waals surface area (Å²) in [5.41, 5.74) is 1.45. The van der Waals surface area contributed by atoms with Gasteiger partial charge in [-0.15, -0.1) is 0 Å². The van der Waals surface area contributed by atoms with Gasteiger partial charge in [0.1, 0.15) is 0 Å². The minimum Gasteiger partial charge on any atom is -0.490 e. The van der Waals surface area contributed by atoms with E-state index in [4.69, 9.17) is 9.47 Å². The van der Waals surface area contributed by atoms with Gasteiger partial charge in [0, 0.05) is 12.1 Å². The number of hydrogen-bond acceptors (Lipinski definition) is 7. The second-order valence-electron chi connectivity index (χ2n) is 6.92. The van der Waals surface area contributed by atoms with Crippen molar-refractivity contribution < 1.29 is 14.6 Å². The van der Waals surface area contributed by atoms with Gasteiger partial charge in [-0.25, -0.2) is 0 Å². The van der Waals surface area contributed by atoms with E-state index in [1.54, 1.807) is 0 Å². The molecule has 0 fully saturated rings. The van der Waals surface area contributed by atoms with Crippen LogP contribution in [0.2, 0.25) is 0 Å². The first kappa shape index (κ1) is 19.8. The number of nitrogens with one attached hydrogen (secondary N) is 1. The lowest BCUT2D eigenvalue weighted by molar-refractivity contribution is 0.187. The van der Waals surface area contributed by atoms with Gasteiger partial charge in [-0.05, 0) is 61.0 Å². The van der Waals surface area contributed by atoms with Crippen LogP contribution in [0.3, 0.4) is 0 Å². The summed E-state index contributed by atoms with van der Waals surface area (Å²) in [6.45, 7) is 6.94. The van der Waals surface area contributed by atoms with Gasteiger partial charge in [0.25, 0.3) is 0 Å². The van der Waals surface area contributed by atoms with Gasteiger partial charge in [-0.2, -0.15) is 4.68 Å². The van der Waals surface area contributed by atoms with Crippen molar-refractivity contribution in [1.82, 2.24) is 25.5 Å². The Morgan fingerprint density at radius 1 is 1.11 bits per heavy atom. The van der Waals surface area contributed by atoms with E-state index < -0.39 is 0 Å². The highest BCUT2D eigenvalue weighted by molar-refractivity contribution is 5.45. The number of tetrazole rings is 1. The maximum Gasteiger partial charge on any atom is 0.346 e. The quantitative estimate of drug-likeness (QED) is 0.587. The van der Waals surface area contributed by atoms with Gasteiger partial charge < -0.3 is 19.9 Å². The molecule has 0 amide bonds. The molecule has 0 radical (unpaired) electrons. The monoisotopic (exact) mass is 383 g/mol. The number of aliphatic hydroxyl groups excluding tert-OH is 1. The summed E-state index contributed by atoms with van der Waals surface area (Å²) in [5, 5.41) is 24.4. The minimum atomic E-state index is -0.362. The Bertz CT molecular complexity index is 896. The first-order valence-electron chi connectivity index (χ1n) is 9.15. The molecule has 0 aliphatic carbocycles. The van der Waals surface area contributed by atoms with Gasteiger partial charge in [-0.3, -0.25) is 0 Å². The van der Waals surface area contributed by atoms with Crippen molar-refractivity contribution in [2.45, 2.75) is 32.9 Å². The van der Waals surface area contributed by atoms with Gasteiger partial charge in [0.05, 0.1) is 18.9 Å². The highest BCUT2D eigenvalue weighted by atomic mass is 16.5. The number of rotatable bonds is 9. The predicted octanol–water partition coefficient (Wildman–Crippen LogP) is 2.71. The molecule has 3 aromatic rings. The summed E-state index contributed by atoms with van der Waals surface area (Å²) < 4.78 is 13.2. The maximum atomic E-state index is 9.39. The number of ether oxygens (including phenoxy) is 2. The van der Waals surface area contributed by atoms with E-state index in [1.807, 2.05) is 69.3 Å². The molecule has 0 spiro atoms. The number of hydrogen-bond donors (Lipinski definition) is 2. The number of para-hydroxylation sites is 1. The molecule has 0 saturated carbocycles. The summed E-state index contributed by atoms with van der Waals surface area (Å²) in [6, 6.07) is 15.5. The van der Waals surface area contributed by atoms with Crippen LogP contribution in [0.5, 0.6) is 17.5 Å². The smallest absolute Gasteiger partial charge is 0.346 e. The van der Waals surface area contributed by atoms with E-state index in [9.17, 15) is 5.11 Å². The van der Waals surface area contributed by atoms with Crippen molar-refractivity contribution in [3.63, 3.8) is 0 Å². The van der Waals surface area contributed by atoms with Crippen LogP contribution in [0.1, 0.15) is 26.3 Å². The van der Waals surface area contributed by atoms with E-state index in [-0.39, 0.29) is 18.2 Å². The summed E-state index contributed by atoms with van der Waals surface area (Å²) >= 11 is 0. The van der Waals surface area contributed by atoms with E-state index in [1.165, 1.54) is 4.68 Å². The lowest BCUT2D eigenvalue weighted by Crippen LogP contribution is -2.42. The van der Waals surface area contributed by atoms with Crippen molar-refractivity contribution in [3.8, 4) is 23.2 Å². The Hall–Kier alpha value is -2.97. The molecule has 0 atom stereocenters. The zero-order chi connectivity index (χ0) is 20.0. The molecule has 2 N–H and O–H groups in total. The van der Waals surface area contributed by atoms with Crippen LogP contribution in [0, 0.1) is 0 Å². The zero-order valence-corrected chi connectivity index (χ0v) is 16.3. The number of benzene rings is 2. The fourth-order valence-electron chi connectivity index (χ4n) is 2.48. The van der Waals surface area contributed by atoms with E-state index >= 15 is 0 Å². The Kier molecular flexibility index (Phi) is 6.23. The summed E-state index contributed by atoms with van der Waals surface area (Å²) in [5.74, 6) is 1.13. The van der Waals surface area contributed by atoms with Crippen LogP contribution in [-0.2, 0) is 6.54 Å². The molecule has 0 unspecified atom stereocenters. The molecule has 0 saturated heterocycles. The second-order valence-corrected chi connectivity index (χ2v) is 6.92. The molecular weight excluding hydrogens is 358 g/mol. The highest BCUT2D eigenvalue weighted by Gasteiger charge is 2.17. The van der Waals surface area contributed by atoms with Crippen LogP contribution in [0.15, 0.2) is 48.5 Å². The fraction of sp³-hybridized carbons (Fsp3) is 0.350. The van der Waals surface area contributed by atoms with Crippen LogP contribution in [0.25, 0.3) is 5.69 Å². The standard InChI is InChI=1S/C20H25N5O3/c1-4-27-18-12-15(13-21-20(2,3)14-26)10-11-17(18)28-19-22-23-24-25(19)16-8-6-5-7-9-16/h5-12,21,26H,4,13-14H2,1-3H3. The first-order chi connectivity index (χ1) is 13.5. The molecular formula is C20H25N5O3. The first-order valence-corrected chi connectivity index (χ1v) is 9.15. The molecule has 148 valence electrons. The van der Waals surface area contributed by atoms with Crippen molar-refractivity contribution in [2.75, 3.05) is 13.2 Å². The van der Waals surface area contributed by atoms with Crippen LogP contribution >= 0.6 is 0 Å². The third-order valence-corrected chi connectivity index (χ3v) is 4.12. The number of aromatic nitrogens is 4. The zero-order valence-electron chi connectivity index (χ0n) is 16.3. The van der Waals surface area contributed by atoms with Crippen LogP contribution in [0.4, 0.5) is 0 Å². The molecule has 1 heterocycles. The fourth-order valence-corrected chi connectivity index (χ4v) is 2.48. The van der Waals surface area contributed by atoms with Crippen molar-refractivity contribution >= 4 is 0 Å². The Labute approximate surface area is 164 Å². The normalized spacial score (nSPS) is 11.4. The molecule has 0 bridgehead atoms. The molecule has 8 nitrogen and oxygen atoms in total. The van der Waals surface area contributed by atoms with Gasteiger partial charge >= 0.3 is 6.01 Å². The van der Waals surface area contributed by atoms with E-state index in [0.717, 1.165) is 11.3 Å². The average Bonchev–Trinajstić information content (AvgIpc) is 3.17. The molecule has 8 heteroatoms. The van der Waals surface area contributed by atoms with Crippen molar-refractivity contribution in [1.29, 1.82) is 0 Å². The van der Waals surface area contributed by atoms with Gasteiger partial charge in [0.2, 0.25) is 0 Å². The van der Waals surface area contributed by atoms with Crippen LogP contribution < -0.4 is 14.8 Å². The van der Waals surface area contributed by atoms with Crippen LogP contribution in [-0.4, -0.2) is 44.1 Å². The molecule has 1 aromatic heterocycles. The Morgan fingerprint density at radius 3 is 2.61 bits per heavy atom. The molecule has 3 rings (SSSR count). The van der Waals surface area contributed by atoms with Gasteiger partial charge in [-0.1, -0.05) is 29.4 Å². The SMILES string of the molecule is CCOc1cc(CNC(C)(C)CO)ccc1Oc1nnnn1-c1ccccc1. The topological polar surface area (TPSA) is 94.3 Å². The third kappa shape index (κ3) is 4.85. The summed E-state index contributed by atoms with van der Waals surface area (Å²) in [4.78, 5) is 0.